The Morgan fingerprint density at radius 3 is 2.78 bits per heavy atom. The summed E-state index contributed by atoms with van der Waals surface area (Å²) in [6.07, 6.45) is 8.72. The van der Waals surface area contributed by atoms with E-state index in [0.717, 1.165) is 44.7 Å². The molecule has 1 saturated heterocycles. The van der Waals surface area contributed by atoms with Gasteiger partial charge in [0.15, 0.2) is 0 Å². The van der Waals surface area contributed by atoms with Gasteiger partial charge in [0.2, 0.25) is 0 Å². The minimum absolute atomic E-state index is 0.0886. The third-order valence-electron chi connectivity index (χ3n) is 4.49. The van der Waals surface area contributed by atoms with Gasteiger partial charge in [0.25, 0.3) is 5.91 Å². The molecular formula is C17H23N5O. The van der Waals surface area contributed by atoms with Gasteiger partial charge in [-0.15, -0.1) is 0 Å². The predicted octanol–water partition coefficient (Wildman–Crippen LogP) is 2.26. The standard InChI is InChI=1S/C17H23N5O/c1-18-16-4-3-15(13-19-16)17(23)21-10-5-14(6-11-21)7-12-22-9-2-8-20-22/h2-4,8-9,13-14H,5-7,10-12H2,1H3,(H,18,19). The molecule has 2 aromatic rings. The molecule has 0 saturated carbocycles. The third kappa shape index (κ3) is 3.88. The number of amides is 1. The van der Waals surface area contributed by atoms with Gasteiger partial charge in [-0.05, 0) is 43.4 Å². The van der Waals surface area contributed by atoms with Crippen molar-refractivity contribution in [1.82, 2.24) is 19.7 Å². The summed E-state index contributed by atoms with van der Waals surface area (Å²) in [4.78, 5) is 18.7. The molecule has 1 aliphatic rings. The van der Waals surface area contributed by atoms with E-state index in [4.69, 9.17) is 0 Å². The summed E-state index contributed by atoms with van der Waals surface area (Å²) < 4.78 is 1.98. The molecule has 122 valence electrons. The maximum absolute atomic E-state index is 12.5. The van der Waals surface area contributed by atoms with E-state index in [9.17, 15) is 4.79 Å². The Labute approximate surface area is 136 Å². The number of nitrogens with one attached hydrogen (secondary N) is 1. The van der Waals surface area contributed by atoms with Gasteiger partial charge in [-0.2, -0.15) is 5.10 Å². The van der Waals surface area contributed by atoms with Crippen LogP contribution in [0.1, 0.15) is 29.6 Å². The number of likely N-dealkylation sites (tertiary alicyclic amines) is 1. The fourth-order valence-electron chi connectivity index (χ4n) is 3.02. The molecule has 2 aromatic heterocycles. The molecule has 0 spiro atoms. The zero-order valence-corrected chi connectivity index (χ0v) is 13.5. The van der Waals surface area contributed by atoms with Crippen molar-refractivity contribution in [1.29, 1.82) is 0 Å². The van der Waals surface area contributed by atoms with Crippen molar-refractivity contribution in [3.8, 4) is 0 Å². The largest absolute Gasteiger partial charge is 0.373 e. The second-order valence-corrected chi connectivity index (χ2v) is 5.98. The first-order valence-electron chi connectivity index (χ1n) is 8.17. The molecule has 0 aromatic carbocycles. The van der Waals surface area contributed by atoms with Crippen LogP contribution >= 0.6 is 0 Å². The van der Waals surface area contributed by atoms with Crippen molar-refractivity contribution in [2.75, 3.05) is 25.5 Å². The Morgan fingerprint density at radius 1 is 1.35 bits per heavy atom. The molecule has 1 aliphatic heterocycles. The Morgan fingerprint density at radius 2 is 2.17 bits per heavy atom. The lowest BCUT2D eigenvalue weighted by Crippen LogP contribution is -2.38. The van der Waals surface area contributed by atoms with Crippen LogP contribution in [0, 0.1) is 5.92 Å². The van der Waals surface area contributed by atoms with Crippen LogP contribution in [-0.4, -0.2) is 45.7 Å². The summed E-state index contributed by atoms with van der Waals surface area (Å²) in [6, 6.07) is 5.63. The first-order valence-corrected chi connectivity index (χ1v) is 8.17. The maximum atomic E-state index is 12.5. The lowest BCUT2D eigenvalue weighted by Gasteiger charge is -2.32. The molecule has 0 atom stereocenters. The minimum Gasteiger partial charge on any atom is -0.373 e. The predicted molar refractivity (Wildman–Crippen MR) is 89.3 cm³/mol. The number of aromatic nitrogens is 3. The molecule has 23 heavy (non-hydrogen) atoms. The highest BCUT2D eigenvalue weighted by atomic mass is 16.2. The number of piperidine rings is 1. The van der Waals surface area contributed by atoms with E-state index in [0.29, 0.717) is 11.5 Å². The van der Waals surface area contributed by atoms with Gasteiger partial charge in [-0.1, -0.05) is 0 Å². The first kappa shape index (κ1) is 15.5. The van der Waals surface area contributed by atoms with Crippen molar-refractivity contribution < 1.29 is 4.79 Å². The summed E-state index contributed by atoms with van der Waals surface area (Å²) in [5, 5.41) is 7.20. The fraction of sp³-hybridized carbons (Fsp3) is 0.471. The number of carbonyl (C=O) groups is 1. The van der Waals surface area contributed by atoms with Gasteiger partial charge in [0, 0.05) is 45.3 Å². The summed E-state index contributed by atoms with van der Waals surface area (Å²) in [6.45, 7) is 2.62. The number of carbonyl (C=O) groups excluding carboxylic acids is 1. The van der Waals surface area contributed by atoms with Crippen LogP contribution in [0.2, 0.25) is 0 Å². The van der Waals surface area contributed by atoms with Crippen molar-refractivity contribution in [2.24, 2.45) is 5.92 Å². The highest BCUT2D eigenvalue weighted by Crippen LogP contribution is 2.22. The Kier molecular flexibility index (Phi) is 4.90. The molecule has 6 heteroatoms. The van der Waals surface area contributed by atoms with Gasteiger partial charge < -0.3 is 10.2 Å². The van der Waals surface area contributed by atoms with Crippen molar-refractivity contribution >= 4 is 11.7 Å². The summed E-state index contributed by atoms with van der Waals surface area (Å²) in [7, 11) is 1.82. The van der Waals surface area contributed by atoms with Crippen LogP contribution in [0.15, 0.2) is 36.8 Å². The molecule has 1 N–H and O–H groups in total. The first-order chi connectivity index (χ1) is 11.3. The number of hydrogen-bond acceptors (Lipinski definition) is 4. The maximum Gasteiger partial charge on any atom is 0.255 e. The van der Waals surface area contributed by atoms with Crippen molar-refractivity contribution in [3.05, 3.63) is 42.4 Å². The lowest BCUT2D eigenvalue weighted by atomic mass is 9.93. The van der Waals surface area contributed by atoms with Gasteiger partial charge in [0.1, 0.15) is 5.82 Å². The Hall–Kier alpha value is -2.37. The van der Waals surface area contributed by atoms with Gasteiger partial charge in [-0.25, -0.2) is 4.98 Å². The summed E-state index contributed by atoms with van der Waals surface area (Å²) in [5.74, 6) is 1.54. The number of aryl methyl sites for hydroxylation is 1. The second kappa shape index (κ2) is 7.26. The monoisotopic (exact) mass is 313 g/mol. The molecule has 0 aliphatic carbocycles. The second-order valence-electron chi connectivity index (χ2n) is 5.98. The number of rotatable bonds is 5. The van der Waals surface area contributed by atoms with Crippen molar-refractivity contribution in [3.63, 3.8) is 0 Å². The van der Waals surface area contributed by atoms with E-state index in [1.807, 2.05) is 47.2 Å². The number of anilines is 1. The average molecular weight is 313 g/mol. The summed E-state index contributed by atoms with van der Waals surface area (Å²) >= 11 is 0. The van der Waals surface area contributed by atoms with E-state index in [2.05, 4.69) is 15.4 Å². The van der Waals surface area contributed by atoms with E-state index < -0.39 is 0 Å². The van der Waals surface area contributed by atoms with E-state index in [-0.39, 0.29) is 5.91 Å². The van der Waals surface area contributed by atoms with Crippen LogP contribution in [0.3, 0.4) is 0 Å². The van der Waals surface area contributed by atoms with Crippen molar-refractivity contribution in [2.45, 2.75) is 25.8 Å². The highest BCUT2D eigenvalue weighted by molar-refractivity contribution is 5.94. The fourth-order valence-corrected chi connectivity index (χ4v) is 3.02. The molecule has 0 bridgehead atoms. The zero-order valence-electron chi connectivity index (χ0n) is 13.5. The smallest absolute Gasteiger partial charge is 0.255 e. The number of nitrogens with zero attached hydrogens (tertiary/aromatic N) is 4. The number of hydrogen-bond donors (Lipinski definition) is 1. The quantitative estimate of drug-likeness (QED) is 0.920. The molecule has 3 heterocycles. The molecule has 6 nitrogen and oxygen atoms in total. The van der Waals surface area contributed by atoms with Crippen LogP contribution in [-0.2, 0) is 6.54 Å². The van der Waals surface area contributed by atoms with Crippen LogP contribution in [0.5, 0.6) is 0 Å². The highest BCUT2D eigenvalue weighted by Gasteiger charge is 2.23. The molecule has 0 radical (unpaired) electrons. The van der Waals surface area contributed by atoms with Crippen LogP contribution in [0.4, 0.5) is 5.82 Å². The van der Waals surface area contributed by atoms with E-state index in [1.165, 1.54) is 0 Å². The van der Waals surface area contributed by atoms with Crippen LogP contribution in [0.25, 0.3) is 0 Å². The molecule has 3 rings (SSSR count). The van der Waals surface area contributed by atoms with E-state index >= 15 is 0 Å². The minimum atomic E-state index is 0.0886. The van der Waals surface area contributed by atoms with Crippen LogP contribution < -0.4 is 5.32 Å². The Bertz CT molecular complexity index is 615. The summed E-state index contributed by atoms with van der Waals surface area (Å²) in [5.41, 5.74) is 0.666. The van der Waals surface area contributed by atoms with Gasteiger partial charge >= 0.3 is 0 Å². The molecular weight excluding hydrogens is 290 g/mol. The SMILES string of the molecule is CNc1ccc(C(=O)N2CCC(CCn3cccn3)CC2)cn1. The normalized spacial score (nSPS) is 15.6. The molecule has 1 amide bonds. The topological polar surface area (TPSA) is 63.1 Å². The zero-order chi connectivity index (χ0) is 16.1. The molecule has 0 unspecified atom stereocenters. The third-order valence-corrected chi connectivity index (χ3v) is 4.49. The number of pyridine rings is 1. The van der Waals surface area contributed by atoms with Gasteiger partial charge in [0.05, 0.1) is 5.56 Å². The lowest BCUT2D eigenvalue weighted by molar-refractivity contribution is 0.0684. The molecule has 1 fully saturated rings. The van der Waals surface area contributed by atoms with E-state index in [1.54, 1.807) is 6.20 Å². The Balaban J connectivity index is 1.48. The average Bonchev–Trinajstić information content (AvgIpc) is 3.13. The van der Waals surface area contributed by atoms with Gasteiger partial charge in [-0.3, -0.25) is 9.48 Å².